The van der Waals surface area contributed by atoms with Crippen LogP contribution in [0.4, 0.5) is 20.6 Å². The Morgan fingerprint density at radius 1 is 1.38 bits per heavy atom. The molecule has 0 aliphatic carbocycles. The van der Waals surface area contributed by atoms with Gasteiger partial charge in [-0.3, -0.25) is 4.90 Å². The van der Waals surface area contributed by atoms with Crippen molar-refractivity contribution in [2.75, 3.05) is 49.1 Å². The fourth-order valence-electron chi connectivity index (χ4n) is 2.68. The molecule has 2 fully saturated rings. The zero-order chi connectivity index (χ0) is 14.8. The van der Waals surface area contributed by atoms with Crippen LogP contribution in [0.15, 0.2) is 18.2 Å². The molecule has 0 spiro atoms. The number of hydrogen-bond acceptors (Lipinski definition) is 5. The van der Waals surface area contributed by atoms with Crippen LogP contribution in [0.3, 0.4) is 0 Å². The number of nitrogens with one attached hydrogen (secondary N) is 1. The molecule has 0 aromatic heterocycles. The minimum Gasteiger partial charge on any atom is -0.443 e. The van der Waals surface area contributed by atoms with Gasteiger partial charge in [0.05, 0.1) is 17.9 Å². The minimum atomic E-state index is -0.472. The summed E-state index contributed by atoms with van der Waals surface area (Å²) in [6.07, 6.45) is -0.798. The minimum absolute atomic E-state index is 0.267. The van der Waals surface area contributed by atoms with Crippen molar-refractivity contribution in [2.24, 2.45) is 5.73 Å². The number of nitrogens with zero attached hydrogens (tertiary/aromatic N) is 2. The largest absolute Gasteiger partial charge is 0.443 e. The quantitative estimate of drug-likeness (QED) is 0.850. The van der Waals surface area contributed by atoms with E-state index >= 15 is 0 Å². The monoisotopic (exact) mass is 294 g/mol. The maximum absolute atomic E-state index is 14.3. The smallest absolute Gasteiger partial charge is 0.414 e. The third-order valence-corrected chi connectivity index (χ3v) is 3.84. The predicted molar refractivity (Wildman–Crippen MR) is 78.2 cm³/mol. The zero-order valence-electron chi connectivity index (χ0n) is 11.7. The summed E-state index contributed by atoms with van der Waals surface area (Å²) < 4.78 is 19.4. The van der Waals surface area contributed by atoms with Gasteiger partial charge in [0.25, 0.3) is 0 Å². The van der Waals surface area contributed by atoms with Gasteiger partial charge in [-0.25, -0.2) is 9.18 Å². The molecule has 1 aromatic rings. The second kappa shape index (κ2) is 5.87. The zero-order valence-corrected chi connectivity index (χ0v) is 11.7. The number of carbonyl (C=O) groups excluding carboxylic acids is 1. The van der Waals surface area contributed by atoms with E-state index in [1.165, 1.54) is 11.0 Å². The molecular formula is C14H19FN4O2. The maximum Gasteiger partial charge on any atom is 0.414 e. The molecule has 1 aromatic carbocycles. The first-order chi connectivity index (χ1) is 10.2. The SMILES string of the molecule is NC[C@H]1CN(c2ccc(N3CCNCC3)c(F)c2)C(=O)O1. The number of benzene rings is 1. The normalized spacial score (nSPS) is 22.6. The average Bonchev–Trinajstić information content (AvgIpc) is 2.89. The van der Waals surface area contributed by atoms with Gasteiger partial charge < -0.3 is 20.7 Å². The molecule has 6 nitrogen and oxygen atoms in total. The van der Waals surface area contributed by atoms with E-state index in [-0.39, 0.29) is 18.5 Å². The number of piperazine rings is 1. The van der Waals surface area contributed by atoms with Gasteiger partial charge in [-0.05, 0) is 18.2 Å². The lowest BCUT2D eigenvalue weighted by Crippen LogP contribution is -2.43. The highest BCUT2D eigenvalue weighted by Gasteiger charge is 2.31. The Hall–Kier alpha value is -1.86. The lowest BCUT2D eigenvalue weighted by molar-refractivity contribution is 0.145. The first-order valence-electron chi connectivity index (χ1n) is 7.12. The van der Waals surface area contributed by atoms with E-state index in [2.05, 4.69) is 5.32 Å². The standard InChI is InChI=1S/C14H19FN4O2/c15-12-7-10(19-9-11(8-16)21-14(19)20)1-2-13(12)18-5-3-17-4-6-18/h1-2,7,11,17H,3-6,8-9,16H2/t11-/m0/s1. The van der Waals surface area contributed by atoms with E-state index in [9.17, 15) is 9.18 Å². The van der Waals surface area contributed by atoms with E-state index in [0.29, 0.717) is 17.9 Å². The van der Waals surface area contributed by atoms with Crippen LogP contribution in [-0.2, 0) is 4.74 Å². The predicted octanol–water partition coefficient (Wildman–Crippen LogP) is 0.519. The topological polar surface area (TPSA) is 70.8 Å². The Morgan fingerprint density at radius 2 is 2.14 bits per heavy atom. The van der Waals surface area contributed by atoms with E-state index in [1.807, 2.05) is 4.90 Å². The molecule has 7 heteroatoms. The van der Waals surface area contributed by atoms with Crippen molar-refractivity contribution in [1.82, 2.24) is 5.32 Å². The summed E-state index contributed by atoms with van der Waals surface area (Å²) in [5, 5.41) is 3.23. The summed E-state index contributed by atoms with van der Waals surface area (Å²) in [6.45, 7) is 3.87. The van der Waals surface area contributed by atoms with Crippen molar-refractivity contribution >= 4 is 17.5 Å². The fourth-order valence-corrected chi connectivity index (χ4v) is 2.68. The summed E-state index contributed by atoms with van der Waals surface area (Å²) in [5.41, 5.74) is 6.58. The Kier molecular flexibility index (Phi) is 3.94. The molecule has 0 radical (unpaired) electrons. The van der Waals surface area contributed by atoms with Crippen LogP contribution in [0.2, 0.25) is 0 Å². The van der Waals surface area contributed by atoms with Crippen molar-refractivity contribution in [1.29, 1.82) is 0 Å². The molecule has 1 amide bonds. The highest BCUT2D eigenvalue weighted by Crippen LogP contribution is 2.27. The van der Waals surface area contributed by atoms with Gasteiger partial charge in [-0.15, -0.1) is 0 Å². The Labute approximate surface area is 122 Å². The third-order valence-electron chi connectivity index (χ3n) is 3.84. The van der Waals surface area contributed by atoms with E-state index in [1.54, 1.807) is 12.1 Å². The highest BCUT2D eigenvalue weighted by atomic mass is 19.1. The van der Waals surface area contributed by atoms with Crippen molar-refractivity contribution < 1.29 is 13.9 Å². The molecule has 2 aliphatic rings. The molecule has 2 saturated heterocycles. The lowest BCUT2D eigenvalue weighted by Gasteiger charge is -2.30. The van der Waals surface area contributed by atoms with Gasteiger partial charge in [-0.1, -0.05) is 0 Å². The van der Waals surface area contributed by atoms with E-state index in [4.69, 9.17) is 10.5 Å². The van der Waals surface area contributed by atoms with Crippen LogP contribution < -0.4 is 20.9 Å². The first-order valence-corrected chi connectivity index (χ1v) is 7.12. The molecular weight excluding hydrogens is 275 g/mol. The Balaban J connectivity index is 1.79. The molecule has 0 bridgehead atoms. The van der Waals surface area contributed by atoms with Gasteiger partial charge in [0.2, 0.25) is 0 Å². The number of amides is 1. The van der Waals surface area contributed by atoms with Gasteiger partial charge >= 0.3 is 6.09 Å². The molecule has 21 heavy (non-hydrogen) atoms. The average molecular weight is 294 g/mol. The molecule has 0 unspecified atom stereocenters. The second-order valence-corrected chi connectivity index (χ2v) is 5.22. The molecule has 1 atom stereocenters. The third kappa shape index (κ3) is 2.79. The number of halogens is 1. The summed E-state index contributed by atoms with van der Waals surface area (Å²) in [7, 11) is 0. The van der Waals surface area contributed by atoms with Gasteiger partial charge in [0.15, 0.2) is 0 Å². The number of cyclic esters (lactones) is 1. The lowest BCUT2D eigenvalue weighted by atomic mass is 10.2. The summed E-state index contributed by atoms with van der Waals surface area (Å²) in [4.78, 5) is 15.2. The van der Waals surface area contributed by atoms with Crippen molar-refractivity contribution in [3.8, 4) is 0 Å². The molecule has 3 rings (SSSR count). The van der Waals surface area contributed by atoms with Gasteiger partial charge in [-0.2, -0.15) is 0 Å². The van der Waals surface area contributed by atoms with Crippen LogP contribution in [0.5, 0.6) is 0 Å². The highest BCUT2D eigenvalue weighted by molar-refractivity contribution is 5.90. The first kappa shape index (κ1) is 14.1. The number of rotatable bonds is 3. The number of carbonyl (C=O) groups is 1. The fraction of sp³-hybridized carbons (Fsp3) is 0.500. The molecule has 3 N–H and O–H groups in total. The van der Waals surface area contributed by atoms with Crippen LogP contribution in [0.1, 0.15) is 0 Å². The number of ether oxygens (including phenoxy) is 1. The van der Waals surface area contributed by atoms with Gasteiger partial charge in [0, 0.05) is 32.7 Å². The summed E-state index contributed by atoms with van der Waals surface area (Å²) >= 11 is 0. The van der Waals surface area contributed by atoms with Crippen molar-refractivity contribution in [3.63, 3.8) is 0 Å². The maximum atomic E-state index is 14.3. The van der Waals surface area contributed by atoms with Crippen molar-refractivity contribution in [3.05, 3.63) is 24.0 Å². The number of anilines is 2. The number of nitrogens with two attached hydrogens (primary N) is 1. The Morgan fingerprint density at radius 3 is 2.76 bits per heavy atom. The Bertz CT molecular complexity index is 534. The second-order valence-electron chi connectivity index (χ2n) is 5.22. The summed E-state index contributed by atoms with van der Waals surface area (Å²) in [6, 6.07) is 4.86. The van der Waals surface area contributed by atoms with Crippen LogP contribution in [-0.4, -0.2) is 51.5 Å². The van der Waals surface area contributed by atoms with Crippen LogP contribution >= 0.6 is 0 Å². The van der Waals surface area contributed by atoms with E-state index in [0.717, 1.165) is 26.2 Å². The van der Waals surface area contributed by atoms with Gasteiger partial charge in [0.1, 0.15) is 11.9 Å². The number of hydrogen-bond donors (Lipinski definition) is 2. The van der Waals surface area contributed by atoms with Crippen LogP contribution in [0.25, 0.3) is 0 Å². The summed E-state index contributed by atoms with van der Waals surface area (Å²) in [5.74, 6) is -0.321. The van der Waals surface area contributed by atoms with Crippen LogP contribution in [0, 0.1) is 5.82 Å². The molecule has 0 saturated carbocycles. The molecule has 2 heterocycles. The van der Waals surface area contributed by atoms with Crippen molar-refractivity contribution in [2.45, 2.75) is 6.10 Å². The van der Waals surface area contributed by atoms with E-state index < -0.39 is 6.09 Å². The molecule has 2 aliphatic heterocycles. The molecule has 114 valence electrons.